The maximum Gasteiger partial charge on any atom is 0.240 e. The van der Waals surface area contributed by atoms with Crippen molar-refractivity contribution in [2.75, 3.05) is 19.6 Å². The van der Waals surface area contributed by atoms with E-state index in [1.807, 2.05) is 17.5 Å². The van der Waals surface area contributed by atoms with Crippen LogP contribution in [0.1, 0.15) is 23.8 Å². The van der Waals surface area contributed by atoms with Gasteiger partial charge in [0.05, 0.1) is 10.9 Å². The Morgan fingerprint density at radius 3 is 2.54 bits per heavy atom. The molecule has 1 saturated heterocycles. The highest BCUT2D eigenvalue weighted by molar-refractivity contribution is 7.89. The molecule has 0 amide bonds. The summed E-state index contributed by atoms with van der Waals surface area (Å²) in [5.74, 6) is -2.24. The van der Waals surface area contributed by atoms with Crippen molar-refractivity contribution in [1.29, 1.82) is 0 Å². The van der Waals surface area contributed by atoms with Gasteiger partial charge < -0.3 is 0 Å². The number of nitrogens with one attached hydrogen (secondary N) is 1. The summed E-state index contributed by atoms with van der Waals surface area (Å²) in [7, 11) is -3.89. The summed E-state index contributed by atoms with van der Waals surface area (Å²) in [5.41, 5.74) is 0. The van der Waals surface area contributed by atoms with Crippen LogP contribution < -0.4 is 4.72 Å². The van der Waals surface area contributed by atoms with Crippen molar-refractivity contribution >= 4 is 21.4 Å². The van der Waals surface area contributed by atoms with Gasteiger partial charge in [0.1, 0.15) is 0 Å². The Morgan fingerprint density at radius 2 is 1.92 bits per heavy atom. The zero-order valence-electron chi connectivity index (χ0n) is 12.9. The minimum atomic E-state index is -3.89. The van der Waals surface area contributed by atoms with Gasteiger partial charge in [-0.3, -0.25) is 4.90 Å². The summed E-state index contributed by atoms with van der Waals surface area (Å²) in [6, 6.07) is 6.46. The molecule has 0 spiro atoms. The molecule has 1 aromatic heterocycles. The van der Waals surface area contributed by atoms with Crippen LogP contribution in [0, 0.1) is 11.6 Å². The second-order valence-electron chi connectivity index (χ2n) is 5.70. The van der Waals surface area contributed by atoms with E-state index in [4.69, 9.17) is 0 Å². The lowest BCUT2D eigenvalue weighted by molar-refractivity contribution is 0.250. The SMILES string of the molecule is O=S(=O)(NCC(c1cccs1)N1CCCC1)c1ccc(F)c(F)c1. The molecule has 0 saturated carbocycles. The first-order valence-electron chi connectivity index (χ1n) is 7.69. The van der Waals surface area contributed by atoms with Crippen LogP contribution in [-0.4, -0.2) is 33.0 Å². The highest BCUT2D eigenvalue weighted by Gasteiger charge is 2.26. The predicted octanol–water partition coefficient (Wildman–Crippen LogP) is 3.14. The molecule has 2 heterocycles. The van der Waals surface area contributed by atoms with Crippen molar-refractivity contribution < 1.29 is 17.2 Å². The van der Waals surface area contributed by atoms with Gasteiger partial charge in [-0.05, 0) is 55.6 Å². The molecule has 8 heteroatoms. The monoisotopic (exact) mass is 372 g/mol. The summed E-state index contributed by atoms with van der Waals surface area (Å²) in [5, 5.41) is 1.96. The van der Waals surface area contributed by atoms with Gasteiger partial charge in [0.25, 0.3) is 0 Å². The van der Waals surface area contributed by atoms with Crippen molar-refractivity contribution in [2.24, 2.45) is 0 Å². The number of sulfonamides is 1. The number of halogens is 2. The van der Waals surface area contributed by atoms with Crippen LogP contribution in [0.2, 0.25) is 0 Å². The van der Waals surface area contributed by atoms with E-state index in [0.717, 1.165) is 42.9 Å². The quantitative estimate of drug-likeness (QED) is 0.848. The van der Waals surface area contributed by atoms with Gasteiger partial charge in [0.15, 0.2) is 11.6 Å². The van der Waals surface area contributed by atoms with Crippen LogP contribution in [-0.2, 0) is 10.0 Å². The Kier molecular flexibility index (Phi) is 5.29. The lowest BCUT2D eigenvalue weighted by atomic mass is 10.2. The molecule has 24 heavy (non-hydrogen) atoms. The van der Waals surface area contributed by atoms with E-state index in [0.29, 0.717) is 6.07 Å². The third-order valence-electron chi connectivity index (χ3n) is 4.12. The smallest absolute Gasteiger partial charge is 0.240 e. The molecule has 2 aromatic rings. The molecule has 0 bridgehead atoms. The van der Waals surface area contributed by atoms with Gasteiger partial charge >= 0.3 is 0 Å². The second kappa shape index (κ2) is 7.26. The number of hydrogen-bond acceptors (Lipinski definition) is 4. The van der Waals surface area contributed by atoms with Gasteiger partial charge in [0, 0.05) is 11.4 Å². The second-order valence-corrected chi connectivity index (χ2v) is 8.45. The number of thiophene rings is 1. The average molecular weight is 372 g/mol. The van der Waals surface area contributed by atoms with Crippen molar-refractivity contribution in [3.63, 3.8) is 0 Å². The lowest BCUT2D eigenvalue weighted by Gasteiger charge is -2.26. The molecule has 1 unspecified atom stereocenters. The van der Waals surface area contributed by atoms with Crippen molar-refractivity contribution in [3.8, 4) is 0 Å². The minimum Gasteiger partial charge on any atom is -0.294 e. The van der Waals surface area contributed by atoms with Gasteiger partial charge in [-0.25, -0.2) is 21.9 Å². The highest BCUT2D eigenvalue weighted by Crippen LogP contribution is 2.28. The first-order valence-corrected chi connectivity index (χ1v) is 10.1. The Morgan fingerprint density at radius 1 is 1.17 bits per heavy atom. The van der Waals surface area contributed by atoms with Crippen LogP contribution in [0.5, 0.6) is 0 Å². The molecular formula is C16H18F2N2O2S2. The van der Waals surface area contributed by atoms with E-state index in [-0.39, 0.29) is 17.5 Å². The van der Waals surface area contributed by atoms with Crippen LogP contribution in [0.25, 0.3) is 0 Å². The van der Waals surface area contributed by atoms with Gasteiger partial charge in [0.2, 0.25) is 10.0 Å². The number of nitrogens with zero attached hydrogens (tertiary/aromatic N) is 1. The maximum absolute atomic E-state index is 13.3. The molecule has 1 aromatic carbocycles. The lowest BCUT2D eigenvalue weighted by Crippen LogP contribution is -2.36. The number of rotatable bonds is 6. The number of likely N-dealkylation sites (tertiary alicyclic amines) is 1. The molecule has 1 aliphatic heterocycles. The van der Waals surface area contributed by atoms with Crippen LogP contribution in [0.4, 0.5) is 8.78 Å². The van der Waals surface area contributed by atoms with Crippen LogP contribution in [0.15, 0.2) is 40.6 Å². The topological polar surface area (TPSA) is 49.4 Å². The first-order chi connectivity index (χ1) is 11.5. The van der Waals surface area contributed by atoms with Crippen molar-refractivity contribution in [1.82, 2.24) is 9.62 Å². The molecule has 1 aliphatic rings. The summed E-state index contributed by atoms with van der Waals surface area (Å²) in [6.45, 7) is 2.05. The summed E-state index contributed by atoms with van der Waals surface area (Å²) in [4.78, 5) is 3.07. The Labute approximate surface area is 144 Å². The van der Waals surface area contributed by atoms with Crippen molar-refractivity contribution in [2.45, 2.75) is 23.8 Å². The number of hydrogen-bond donors (Lipinski definition) is 1. The molecule has 1 N–H and O–H groups in total. The maximum atomic E-state index is 13.3. The number of benzene rings is 1. The normalized spacial score (nSPS) is 17.2. The van der Waals surface area contributed by atoms with E-state index in [1.165, 1.54) is 0 Å². The molecule has 0 radical (unpaired) electrons. The molecule has 130 valence electrons. The zero-order valence-corrected chi connectivity index (χ0v) is 14.5. The van der Waals surface area contributed by atoms with E-state index >= 15 is 0 Å². The average Bonchev–Trinajstić information content (AvgIpc) is 3.24. The fraction of sp³-hybridized carbons (Fsp3) is 0.375. The summed E-state index contributed by atoms with van der Waals surface area (Å²) < 4.78 is 53.6. The molecule has 0 aliphatic carbocycles. The molecule has 4 nitrogen and oxygen atoms in total. The predicted molar refractivity (Wildman–Crippen MR) is 89.4 cm³/mol. The third-order valence-corrected chi connectivity index (χ3v) is 6.52. The van der Waals surface area contributed by atoms with E-state index in [9.17, 15) is 17.2 Å². The van der Waals surface area contributed by atoms with Gasteiger partial charge in [-0.1, -0.05) is 6.07 Å². The Balaban J connectivity index is 1.76. The minimum absolute atomic E-state index is 0.0485. The van der Waals surface area contributed by atoms with Crippen LogP contribution in [0.3, 0.4) is 0 Å². The zero-order chi connectivity index (χ0) is 17.2. The Bertz CT molecular complexity index is 788. The highest BCUT2D eigenvalue weighted by atomic mass is 32.2. The fourth-order valence-electron chi connectivity index (χ4n) is 2.86. The summed E-state index contributed by atoms with van der Waals surface area (Å²) >= 11 is 1.58. The third kappa shape index (κ3) is 3.83. The molecular weight excluding hydrogens is 354 g/mol. The Hall–Kier alpha value is -1.35. The van der Waals surface area contributed by atoms with E-state index < -0.39 is 21.7 Å². The summed E-state index contributed by atoms with van der Waals surface area (Å²) in [6.07, 6.45) is 2.19. The fourth-order valence-corrected chi connectivity index (χ4v) is 4.77. The van der Waals surface area contributed by atoms with Gasteiger partial charge in [-0.2, -0.15) is 0 Å². The van der Waals surface area contributed by atoms with E-state index in [2.05, 4.69) is 9.62 Å². The largest absolute Gasteiger partial charge is 0.294 e. The van der Waals surface area contributed by atoms with Crippen LogP contribution >= 0.6 is 11.3 Å². The first kappa shape index (κ1) is 17.5. The molecule has 1 fully saturated rings. The van der Waals surface area contributed by atoms with Gasteiger partial charge in [-0.15, -0.1) is 11.3 Å². The molecule has 3 rings (SSSR count). The molecule has 1 atom stereocenters. The van der Waals surface area contributed by atoms with E-state index in [1.54, 1.807) is 11.3 Å². The van der Waals surface area contributed by atoms with Crippen molar-refractivity contribution in [3.05, 3.63) is 52.2 Å². The standard InChI is InChI=1S/C16H18F2N2O2S2/c17-13-6-5-12(10-14(13)18)24(21,22)19-11-15(16-4-3-9-23-16)20-7-1-2-8-20/h3-6,9-10,15,19H,1-2,7-8,11H2.